The van der Waals surface area contributed by atoms with Crippen LogP contribution in [0.1, 0.15) is 6.92 Å². The molecule has 0 aromatic heterocycles. The van der Waals surface area contributed by atoms with Gasteiger partial charge in [0.1, 0.15) is 5.82 Å². The van der Waals surface area contributed by atoms with E-state index in [-0.39, 0.29) is 5.69 Å². The van der Waals surface area contributed by atoms with Crippen molar-refractivity contribution < 1.29 is 14.0 Å². The van der Waals surface area contributed by atoms with Crippen molar-refractivity contribution in [2.45, 2.75) is 6.92 Å². The quantitative estimate of drug-likeness (QED) is 0.668. The predicted octanol–water partition coefficient (Wildman–Crippen LogP) is 1.38. The van der Waals surface area contributed by atoms with E-state index in [1.54, 1.807) is 6.07 Å². The van der Waals surface area contributed by atoms with E-state index in [4.69, 9.17) is 0 Å². The van der Waals surface area contributed by atoms with Crippen LogP contribution in [0.25, 0.3) is 0 Å². The van der Waals surface area contributed by atoms with E-state index in [0.717, 1.165) is 11.8 Å². The number of halogens is 1. The Morgan fingerprint density at radius 2 is 1.86 bits per heavy atom. The topological polar surface area (TPSA) is 37.4 Å². The van der Waals surface area contributed by atoms with Crippen molar-refractivity contribution in [3.8, 4) is 0 Å². The summed E-state index contributed by atoms with van der Waals surface area (Å²) in [5.41, 5.74) is 0.104. The molecule has 0 aliphatic rings. The molecule has 0 spiro atoms. The number of Topliss-reactive ketones (excluding diaryl/α,β-unsaturated/α-hetero) is 1. The van der Waals surface area contributed by atoms with Gasteiger partial charge in [-0.05, 0) is 12.1 Å². The van der Waals surface area contributed by atoms with Crippen LogP contribution in [0, 0.1) is 5.82 Å². The fraction of sp³-hybridized carbons (Fsp3) is 0.200. The summed E-state index contributed by atoms with van der Waals surface area (Å²) in [5.74, 6) is -1.87. The van der Waals surface area contributed by atoms with Crippen LogP contribution in [-0.2, 0) is 9.59 Å². The Labute approximate surface area is 81.1 Å². The van der Waals surface area contributed by atoms with Crippen LogP contribution in [0.2, 0.25) is 0 Å². The maximum atomic E-state index is 13.2. The molecule has 14 heavy (non-hydrogen) atoms. The number of ketones is 1. The van der Waals surface area contributed by atoms with Crippen molar-refractivity contribution in [1.29, 1.82) is 0 Å². The number of likely N-dealkylation sites (N-methyl/N-ethyl adjacent to an activating group) is 1. The maximum absolute atomic E-state index is 13.2. The minimum Gasteiger partial charge on any atom is -0.306 e. The lowest BCUT2D eigenvalue weighted by Crippen LogP contribution is -2.32. The second kappa shape index (κ2) is 4.00. The fourth-order valence-corrected chi connectivity index (χ4v) is 1.07. The molecule has 74 valence electrons. The smallest absolute Gasteiger partial charge is 0.293 e. The Hall–Kier alpha value is -1.71. The average Bonchev–Trinajstić information content (AvgIpc) is 2.16. The molecule has 0 aliphatic carbocycles. The third-order valence-corrected chi connectivity index (χ3v) is 1.82. The number of hydrogen-bond acceptors (Lipinski definition) is 2. The van der Waals surface area contributed by atoms with Crippen molar-refractivity contribution in [1.82, 2.24) is 0 Å². The molecule has 0 N–H and O–H groups in total. The summed E-state index contributed by atoms with van der Waals surface area (Å²) >= 11 is 0. The number of carbonyl (C=O) groups is 2. The van der Waals surface area contributed by atoms with Gasteiger partial charge in [-0.2, -0.15) is 0 Å². The standard InChI is InChI=1S/C10H10FNO2/c1-7(13)10(14)12(2)9-6-4-3-5-8(9)11/h3-6H,1-2H3. The first-order chi connectivity index (χ1) is 6.54. The predicted molar refractivity (Wildman–Crippen MR) is 50.5 cm³/mol. The lowest BCUT2D eigenvalue weighted by molar-refractivity contribution is -0.134. The van der Waals surface area contributed by atoms with Crippen LogP contribution < -0.4 is 4.90 Å². The van der Waals surface area contributed by atoms with Crippen molar-refractivity contribution >= 4 is 17.4 Å². The molecule has 3 nitrogen and oxygen atoms in total. The van der Waals surface area contributed by atoms with E-state index >= 15 is 0 Å². The zero-order chi connectivity index (χ0) is 10.7. The Morgan fingerprint density at radius 1 is 1.29 bits per heavy atom. The molecule has 0 aliphatic heterocycles. The zero-order valence-corrected chi connectivity index (χ0v) is 7.95. The molecule has 0 saturated heterocycles. The normalized spacial score (nSPS) is 9.64. The summed E-state index contributed by atoms with van der Waals surface area (Å²) < 4.78 is 13.2. The van der Waals surface area contributed by atoms with Gasteiger partial charge in [0.15, 0.2) is 0 Å². The van der Waals surface area contributed by atoms with Gasteiger partial charge in [-0.15, -0.1) is 0 Å². The largest absolute Gasteiger partial charge is 0.306 e. The average molecular weight is 195 g/mol. The van der Waals surface area contributed by atoms with E-state index < -0.39 is 17.5 Å². The lowest BCUT2D eigenvalue weighted by Gasteiger charge is -2.15. The Kier molecular flexibility index (Phi) is 2.96. The van der Waals surface area contributed by atoms with Crippen LogP contribution in [0.4, 0.5) is 10.1 Å². The summed E-state index contributed by atoms with van der Waals surface area (Å²) in [7, 11) is 1.36. The highest BCUT2D eigenvalue weighted by Crippen LogP contribution is 2.16. The van der Waals surface area contributed by atoms with Gasteiger partial charge in [0.25, 0.3) is 5.91 Å². The molecule has 0 bridgehead atoms. The third kappa shape index (κ3) is 1.96. The zero-order valence-electron chi connectivity index (χ0n) is 7.95. The van der Waals surface area contributed by atoms with E-state index in [0.29, 0.717) is 0 Å². The molecule has 1 aromatic rings. The molecule has 1 rings (SSSR count). The molecule has 0 atom stereocenters. The number of carbonyl (C=O) groups excluding carboxylic acids is 2. The first kappa shape index (κ1) is 10.4. The minimum atomic E-state index is -0.727. The van der Waals surface area contributed by atoms with Gasteiger partial charge in [-0.25, -0.2) is 4.39 Å². The number of para-hydroxylation sites is 1. The number of amides is 1. The van der Waals surface area contributed by atoms with Gasteiger partial charge in [-0.3, -0.25) is 9.59 Å². The van der Waals surface area contributed by atoms with Crippen molar-refractivity contribution in [2.75, 3.05) is 11.9 Å². The molecule has 0 saturated carbocycles. The number of hydrogen-bond donors (Lipinski definition) is 0. The van der Waals surface area contributed by atoms with E-state index in [9.17, 15) is 14.0 Å². The molecule has 1 amide bonds. The highest BCUT2D eigenvalue weighted by molar-refractivity contribution is 6.40. The van der Waals surface area contributed by atoms with Gasteiger partial charge in [-0.1, -0.05) is 12.1 Å². The number of anilines is 1. The summed E-state index contributed by atoms with van der Waals surface area (Å²) in [6, 6.07) is 5.79. The monoisotopic (exact) mass is 195 g/mol. The second-order valence-corrected chi connectivity index (χ2v) is 2.87. The summed E-state index contributed by atoms with van der Waals surface area (Å²) in [6.07, 6.45) is 0. The van der Waals surface area contributed by atoms with Crippen LogP contribution in [0.5, 0.6) is 0 Å². The van der Waals surface area contributed by atoms with Gasteiger partial charge in [0.2, 0.25) is 5.78 Å². The van der Waals surface area contributed by atoms with E-state index in [2.05, 4.69) is 0 Å². The molecule has 0 fully saturated rings. The second-order valence-electron chi connectivity index (χ2n) is 2.87. The molecule has 0 radical (unpaired) electrons. The summed E-state index contributed by atoms with van der Waals surface area (Å²) in [5, 5.41) is 0. The van der Waals surface area contributed by atoms with Gasteiger partial charge in [0, 0.05) is 14.0 Å². The first-order valence-corrected chi connectivity index (χ1v) is 4.07. The molecule has 0 unspecified atom stereocenters. The molecule has 4 heteroatoms. The minimum absolute atomic E-state index is 0.104. The van der Waals surface area contributed by atoms with Crippen molar-refractivity contribution in [2.24, 2.45) is 0 Å². The lowest BCUT2D eigenvalue weighted by atomic mass is 10.2. The third-order valence-electron chi connectivity index (χ3n) is 1.82. The SMILES string of the molecule is CC(=O)C(=O)N(C)c1ccccc1F. The summed E-state index contributed by atoms with van der Waals surface area (Å²) in [6.45, 7) is 1.15. The van der Waals surface area contributed by atoms with Crippen LogP contribution in [0.3, 0.4) is 0 Å². The molecule has 1 aromatic carbocycles. The molecular weight excluding hydrogens is 185 g/mol. The van der Waals surface area contributed by atoms with Crippen molar-refractivity contribution in [3.63, 3.8) is 0 Å². The highest BCUT2D eigenvalue weighted by atomic mass is 19.1. The van der Waals surface area contributed by atoms with Crippen molar-refractivity contribution in [3.05, 3.63) is 30.1 Å². The fourth-order valence-electron chi connectivity index (χ4n) is 1.07. The Balaban J connectivity index is 3.01. The van der Waals surface area contributed by atoms with E-state index in [1.807, 2.05) is 0 Å². The van der Waals surface area contributed by atoms with E-state index in [1.165, 1.54) is 25.2 Å². The van der Waals surface area contributed by atoms with Crippen LogP contribution in [-0.4, -0.2) is 18.7 Å². The Morgan fingerprint density at radius 3 is 2.36 bits per heavy atom. The molecular formula is C10H10FNO2. The first-order valence-electron chi connectivity index (χ1n) is 4.07. The van der Waals surface area contributed by atoms with Crippen LogP contribution in [0.15, 0.2) is 24.3 Å². The van der Waals surface area contributed by atoms with Gasteiger partial charge in [0.05, 0.1) is 5.69 Å². The molecule has 0 heterocycles. The highest BCUT2D eigenvalue weighted by Gasteiger charge is 2.17. The maximum Gasteiger partial charge on any atom is 0.293 e. The summed E-state index contributed by atoms with van der Waals surface area (Å²) in [4.78, 5) is 23.0. The Bertz CT molecular complexity index is 376. The number of rotatable bonds is 2. The van der Waals surface area contributed by atoms with Crippen LogP contribution >= 0.6 is 0 Å². The number of benzene rings is 1. The van der Waals surface area contributed by atoms with Gasteiger partial charge >= 0.3 is 0 Å². The number of nitrogens with zero attached hydrogens (tertiary/aromatic N) is 1. The van der Waals surface area contributed by atoms with Gasteiger partial charge < -0.3 is 4.90 Å².